The van der Waals surface area contributed by atoms with Crippen LogP contribution in [0.1, 0.15) is 47.7 Å². The van der Waals surface area contributed by atoms with Gasteiger partial charge in [-0.2, -0.15) is 4.31 Å². The van der Waals surface area contributed by atoms with Crippen LogP contribution in [0.4, 0.5) is 5.13 Å². The number of amides is 1. The fourth-order valence-electron chi connectivity index (χ4n) is 4.36. The number of nitrogens with zero attached hydrogens (tertiary/aromatic N) is 4. The molecule has 1 saturated heterocycles. The van der Waals surface area contributed by atoms with E-state index in [1.165, 1.54) is 22.5 Å². The van der Waals surface area contributed by atoms with E-state index in [0.717, 1.165) is 29.5 Å². The number of hydrogen-bond donors (Lipinski definition) is 0. The first-order chi connectivity index (χ1) is 16.6. The normalized spacial score (nSPS) is 17.3. The summed E-state index contributed by atoms with van der Waals surface area (Å²) in [5.41, 5.74) is 3.69. The number of carbonyl (C=O) groups excluding carboxylic acids is 1. The van der Waals surface area contributed by atoms with E-state index in [0.29, 0.717) is 30.3 Å². The van der Waals surface area contributed by atoms with Crippen LogP contribution >= 0.6 is 11.3 Å². The maximum Gasteiger partial charge on any atom is 0.260 e. The molecular formula is C26H34N4O3S2. The smallest absolute Gasteiger partial charge is 0.260 e. The van der Waals surface area contributed by atoms with E-state index in [1.807, 2.05) is 25.9 Å². The van der Waals surface area contributed by atoms with Gasteiger partial charge < -0.3 is 4.90 Å². The molecule has 2 heterocycles. The van der Waals surface area contributed by atoms with Gasteiger partial charge in [0.25, 0.3) is 5.91 Å². The lowest BCUT2D eigenvalue weighted by atomic mass is 10.1. The minimum Gasteiger partial charge on any atom is -0.308 e. The number of piperidine rings is 1. The van der Waals surface area contributed by atoms with Crippen LogP contribution in [0.2, 0.25) is 0 Å². The topological polar surface area (TPSA) is 73.8 Å². The highest BCUT2D eigenvalue weighted by Crippen LogP contribution is 2.32. The molecule has 0 N–H and O–H groups in total. The van der Waals surface area contributed by atoms with Crippen molar-refractivity contribution in [1.82, 2.24) is 14.2 Å². The van der Waals surface area contributed by atoms with Crippen molar-refractivity contribution in [3.8, 4) is 0 Å². The predicted molar refractivity (Wildman–Crippen MR) is 143 cm³/mol. The van der Waals surface area contributed by atoms with Gasteiger partial charge in [-0.1, -0.05) is 17.8 Å². The molecule has 0 bridgehead atoms. The van der Waals surface area contributed by atoms with Crippen LogP contribution in [-0.2, 0) is 10.0 Å². The molecule has 1 unspecified atom stereocenters. The Hall–Kier alpha value is -2.33. The number of aromatic nitrogens is 1. The summed E-state index contributed by atoms with van der Waals surface area (Å²) in [6.07, 6.45) is 2.80. The molecule has 1 atom stereocenters. The van der Waals surface area contributed by atoms with Crippen LogP contribution in [-0.4, -0.2) is 68.3 Å². The number of thiazole rings is 1. The zero-order chi connectivity index (χ0) is 25.3. The van der Waals surface area contributed by atoms with Crippen molar-refractivity contribution >= 4 is 42.6 Å². The number of hydrogen-bond acceptors (Lipinski definition) is 6. The minimum absolute atomic E-state index is 0.0112. The van der Waals surface area contributed by atoms with Crippen molar-refractivity contribution in [3.05, 3.63) is 53.1 Å². The third-order valence-corrected chi connectivity index (χ3v) is 9.76. The summed E-state index contributed by atoms with van der Waals surface area (Å²) in [4.78, 5) is 22.3. The minimum atomic E-state index is -3.58. The number of anilines is 1. The molecule has 1 amide bonds. The van der Waals surface area contributed by atoms with E-state index in [9.17, 15) is 13.2 Å². The van der Waals surface area contributed by atoms with Gasteiger partial charge in [0.1, 0.15) is 0 Å². The van der Waals surface area contributed by atoms with Crippen LogP contribution in [0.5, 0.6) is 0 Å². The van der Waals surface area contributed by atoms with Gasteiger partial charge in [-0.25, -0.2) is 13.4 Å². The van der Waals surface area contributed by atoms with Crippen molar-refractivity contribution in [2.24, 2.45) is 0 Å². The number of aryl methyl sites for hydroxylation is 2. The second-order valence-electron chi connectivity index (χ2n) is 9.65. The Bertz CT molecular complexity index is 1280. The van der Waals surface area contributed by atoms with Crippen LogP contribution in [0.15, 0.2) is 41.3 Å². The molecule has 35 heavy (non-hydrogen) atoms. The van der Waals surface area contributed by atoms with Crippen molar-refractivity contribution in [2.75, 3.05) is 38.6 Å². The molecule has 3 aromatic rings. The average molecular weight is 515 g/mol. The van der Waals surface area contributed by atoms with Gasteiger partial charge in [0.05, 0.1) is 15.1 Å². The zero-order valence-electron chi connectivity index (χ0n) is 21.1. The summed E-state index contributed by atoms with van der Waals surface area (Å²) in [6, 6.07) is 10.5. The van der Waals surface area contributed by atoms with Crippen molar-refractivity contribution in [1.29, 1.82) is 0 Å². The summed E-state index contributed by atoms with van der Waals surface area (Å²) in [7, 11) is 0.353. The predicted octanol–water partition coefficient (Wildman–Crippen LogP) is 4.68. The molecule has 1 fully saturated rings. The highest BCUT2D eigenvalue weighted by molar-refractivity contribution is 7.89. The number of likely N-dealkylation sites (N-methyl/N-ethyl adjacent to an activating group) is 1. The van der Waals surface area contributed by atoms with E-state index < -0.39 is 10.0 Å². The van der Waals surface area contributed by atoms with Crippen molar-refractivity contribution < 1.29 is 13.2 Å². The molecule has 7 nitrogen and oxygen atoms in total. The first kappa shape index (κ1) is 25.8. The van der Waals surface area contributed by atoms with Gasteiger partial charge in [-0.15, -0.1) is 0 Å². The Morgan fingerprint density at radius 1 is 1.09 bits per heavy atom. The number of benzene rings is 2. The molecular weight excluding hydrogens is 480 g/mol. The Labute approximate surface area is 212 Å². The van der Waals surface area contributed by atoms with Crippen LogP contribution in [0, 0.1) is 13.8 Å². The largest absolute Gasteiger partial charge is 0.308 e. The second kappa shape index (κ2) is 10.3. The highest BCUT2D eigenvalue weighted by atomic mass is 32.2. The summed E-state index contributed by atoms with van der Waals surface area (Å²) in [5, 5.41) is 0.649. The first-order valence-electron chi connectivity index (χ1n) is 12.0. The molecule has 0 aliphatic carbocycles. The van der Waals surface area contributed by atoms with Crippen LogP contribution < -0.4 is 4.90 Å². The molecule has 1 aliphatic rings. The van der Waals surface area contributed by atoms with Crippen molar-refractivity contribution in [3.63, 3.8) is 0 Å². The van der Waals surface area contributed by atoms with Crippen molar-refractivity contribution in [2.45, 2.75) is 51.0 Å². The maximum atomic E-state index is 13.6. The number of rotatable bonds is 7. The molecule has 0 saturated carbocycles. The van der Waals surface area contributed by atoms with Gasteiger partial charge in [0, 0.05) is 31.2 Å². The van der Waals surface area contributed by atoms with Crippen LogP contribution in [0.25, 0.3) is 10.2 Å². The Morgan fingerprint density at radius 3 is 2.43 bits per heavy atom. The van der Waals surface area contributed by atoms with E-state index in [1.54, 1.807) is 33.5 Å². The van der Waals surface area contributed by atoms with Gasteiger partial charge >= 0.3 is 0 Å². The third kappa shape index (κ3) is 5.43. The number of carbonyl (C=O) groups is 1. The molecule has 1 aliphatic heterocycles. The van der Waals surface area contributed by atoms with E-state index in [2.05, 4.69) is 26.0 Å². The summed E-state index contributed by atoms with van der Waals surface area (Å²) in [5.74, 6) is -0.186. The second-order valence-corrected chi connectivity index (χ2v) is 12.5. The quantitative estimate of drug-likeness (QED) is 0.458. The van der Waals surface area contributed by atoms with Gasteiger partial charge in [-0.05, 0) is 95.2 Å². The monoisotopic (exact) mass is 514 g/mol. The summed E-state index contributed by atoms with van der Waals surface area (Å²) < 4.78 is 29.0. The lowest BCUT2D eigenvalue weighted by Gasteiger charge is -2.32. The molecule has 0 radical (unpaired) electrons. The SMILES string of the molecule is Cc1cc2nc(N(CCN(C)C)C(=O)c3ccc(S(=O)(=O)N4CCCCC4C)cc3)sc2cc1C. The standard InChI is InChI=1S/C26H34N4O3S2/c1-18-16-23-24(17-19(18)2)34-26(27-23)29(15-14-28(4)5)25(31)21-9-11-22(12-10-21)35(32,33)30-13-7-6-8-20(30)3/h9-12,16-17,20H,6-8,13-15H2,1-5H3. The lowest BCUT2D eigenvalue weighted by molar-refractivity contribution is 0.0985. The molecule has 4 rings (SSSR count). The fourth-order valence-corrected chi connectivity index (χ4v) is 7.13. The van der Waals surface area contributed by atoms with E-state index in [4.69, 9.17) is 4.98 Å². The Balaban J connectivity index is 1.63. The zero-order valence-corrected chi connectivity index (χ0v) is 22.7. The molecule has 9 heteroatoms. The lowest BCUT2D eigenvalue weighted by Crippen LogP contribution is -2.41. The number of fused-ring (bicyclic) bond motifs is 1. The maximum absolute atomic E-state index is 13.6. The van der Waals surface area contributed by atoms with Gasteiger partial charge in [0.15, 0.2) is 5.13 Å². The molecule has 188 valence electrons. The molecule has 1 aromatic heterocycles. The van der Waals surface area contributed by atoms with E-state index in [-0.39, 0.29) is 16.8 Å². The fraction of sp³-hybridized carbons (Fsp3) is 0.462. The Kier molecular flexibility index (Phi) is 7.61. The third-order valence-electron chi connectivity index (χ3n) is 6.69. The first-order valence-corrected chi connectivity index (χ1v) is 14.3. The molecule has 2 aromatic carbocycles. The Morgan fingerprint density at radius 2 is 1.77 bits per heavy atom. The van der Waals surface area contributed by atoms with E-state index >= 15 is 0 Å². The molecule has 0 spiro atoms. The van der Waals surface area contributed by atoms with Crippen LogP contribution in [0.3, 0.4) is 0 Å². The average Bonchev–Trinajstić information content (AvgIpc) is 3.21. The summed E-state index contributed by atoms with van der Waals surface area (Å²) >= 11 is 1.50. The highest BCUT2D eigenvalue weighted by Gasteiger charge is 2.31. The summed E-state index contributed by atoms with van der Waals surface area (Å²) in [6.45, 7) is 7.79. The van der Waals surface area contributed by atoms with Gasteiger partial charge in [-0.3, -0.25) is 9.69 Å². The van der Waals surface area contributed by atoms with Gasteiger partial charge in [0.2, 0.25) is 10.0 Å². The number of sulfonamides is 1.